The maximum absolute atomic E-state index is 10.6. The van der Waals surface area contributed by atoms with Gasteiger partial charge in [0.25, 0.3) is 0 Å². The van der Waals surface area contributed by atoms with Gasteiger partial charge in [0.1, 0.15) is 5.76 Å². The van der Waals surface area contributed by atoms with Crippen molar-refractivity contribution < 1.29 is 28.5 Å². The summed E-state index contributed by atoms with van der Waals surface area (Å²) in [4.78, 5) is 0. The Morgan fingerprint density at radius 3 is 2.07 bits per heavy atom. The quantitative estimate of drug-likeness (QED) is 0.575. The minimum Gasteiger partial charge on any atom is -0.502 e. The average molecular weight is 386 g/mol. The van der Waals surface area contributed by atoms with E-state index in [2.05, 4.69) is 6.92 Å². The standard InChI is InChI=1S/C22H26O6/c1-6-7-8-15-19(14-9-10-16(24-2)20(23)21(14)28-15)13-11-17(25-3)22(27-5)18(12-13)26-4/h9-12,23H,6-8H2,1-5H3. The molecule has 150 valence electrons. The van der Waals surface area contributed by atoms with E-state index in [4.69, 9.17) is 23.4 Å². The minimum atomic E-state index is -0.00330. The van der Waals surface area contributed by atoms with Crippen molar-refractivity contribution in [1.82, 2.24) is 0 Å². The number of hydrogen-bond acceptors (Lipinski definition) is 6. The average Bonchev–Trinajstić information content (AvgIpc) is 3.10. The second kappa shape index (κ2) is 8.33. The van der Waals surface area contributed by atoms with Crippen molar-refractivity contribution in [2.24, 2.45) is 0 Å². The summed E-state index contributed by atoms with van der Waals surface area (Å²) in [6, 6.07) is 7.41. The van der Waals surface area contributed by atoms with Crippen molar-refractivity contribution >= 4 is 11.0 Å². The summed E-state index contributed by atoms with van der Waals surface area (Å²) < 4.78 is 27.8. The normalized spacial score (nSPS) is 10.9. The lowest BCUT2D eigenvalue weighted by Crippen LogP contribution is -1.96. The molecule has 0 atom stereocenters. The van der Waals surface area contributed by atoms with Crippen LogP contribution in [0.15, 0.2) is 28.7 Å². The third-order valence-electron chi connectivity index (χ3n) is 4.80. The molecular formula is C22H26O6. The van der Waals surface area contributed by atoms with Crippen molar-refractivity contribution in [1.29, 1.82) is 0 Å². The molecule has 0 saturated carbocycles. The van der Waals surface area contributed by atoms with E-state index < -0.39 is 0 Å². The predicted octanol–water partition coefficient (Wildman–Crippen LogP) is 5.18. The van der Waals surface area contributed by atoms with Crippen molar-refractivity contribution in [3.05, 3.63) is 30.0 Å². The molecule has 0 unspecified atom stereocenters. The van der Waals surface area contributed by atoms with Gasteiger partial charge in [-0.25, -0.2) is 0 Å². The van der Waals surface area contributed by atoms with E-state index in [9.17, 15) is 5.11 Å². The Kier molecular flexibility index (Phi) is 5.87. The Balaban J connectivity index is 2.30. The van der Waals surface area contributed by atoms with Gasteiger partial charge in [0.2, 0.25) is 11.5 Å². The number of fused-ring (bicyclic) bond motifs is 1. The number of unbranched alkanes of at least 4 members (excludes halogenated alkanes) is 1. The predicted molar refractivity (Wildman–Crippen MR) is 108 cm³/mol. The maximum Gasteiger partial charge on any atom is 0.203 e. The van der Waals surface area contributed by atoms with Gasteiger partial charge in [-0.3, -0.25) is 0 Å². The Labute approximate surface area is 164 Å². The Bertz CT molecular complexity index is 948. The number of hydrogen-bond donors (Lipinski definition) is 1. The van der Waals surface area contributed by atoms with Crippen LogP contribution in [0.4, 0.5) is 0 Å². The molecule has 6 nitrogen and oxygen atoms in total. The molecule has 0 spiro atoms. The smallest absolute Gasteiger partial charge is 0.203 e. The molecule has 0 bridgehead atoms. The molecule has 28 heavy (non-hydrogen) atoms. The van der Waals surface area contributed by atoms with E-state index in [0.717, 1.165) is 41.5 Å². The van der Waals surface area contributed by atoms with Crippen LogP contribution >= 0.6 is 0 Å². The van der Waals surface area contributed by atoms with Gasteiger partial charge < -0.3 is 28.5 Å². The second-order valence-corrected chi connectivity index (χ2v) is 6.41. The molecule has 0 amide bonds. The Morgan fingerprint density at radius 2 is 1.54 bits per heavy atom. The van der Waals surface area contributed by atoms with Crippen molar-refractivity contribution in [2.75, 3.05) is 28.4 Å². The highest BCUT2D eigenvalue weighted by molar-refractivity contribution is 6.00. The fourth-order valence-electron chi connectivity index (χ4n) is 3.40. The van der Waals surface area contributed by atoms with Crippen LogP contribution in [0.25, 0.3) is 22.1 Å². The number of furan rings is 1. The first kappa shape index (κ1) is 19.7. The van der Waals surface area contributed by atoms with Gasteiger partial charge in [0.05, 0.1) is 28.4 Å². The number of aryl methyl sites for hydroxylation is 1. The van der Waals surface area contributed by atoms with E-state index in [1.54, 1.807) is 27.4 Å². The highest BCUT2D eigenvalue weighted by Gasteiger charge is 2.23. The lowest BCUT2D eigenvalue weighted by molar-refractivity contribution is 0.324. The van der Waals surface area contributed by atoms with Crippen molar-refractivity contribution in [2.45, 2.75) is 26.2 Å². The first-order valence-electron chi connectivity index (χ1n) is 9.21. The zero-order chi connectivity index (χ0) is 20.3. The molecule has 0 saturated heterocycles. The number of aromatic hydroxyl groups is 1. The summed E-state index contributed by atoms with van der Waals surface area (Å²) in [5, 5.41) is 11.4. The van der Waals surface area contributed by atoms with Crippen LogP contribution in [0, 0.1) is 0 Å². The molecule has 3 aromatic rings. The number of rotatable bonds is 8. The first-order valence-corrected chi connectivity index (χ1v) is 9.21. The van der Waals surface area contributed by atoms with E-state index in [-0.39, 0.29) is 5.75 Å². The van der Waals surface area contributed by atoms with Gasteiger partial charge in [0, 0.05) is 17.4 Å². The number of benzene rings is 2. The van der Waals surface area contributed by atoms with Crippen LogP contribution in [0.3, 0.4) is 0 Å². The van der Waals surface area contributed by atoms with E-state index >= 15 is 0 Å². The van der Waals surface area contributed by atoms with E-state index in [1.807, 2.05) is 18.2 Å². The van der Waals surface area contributed by atoms with Gasteiger partial charge in [-0.05, 0) is 36.2 Å². The van der Waals surface area contributed by atoms with Gasteiger partial charge in [-0.15, -0.1) is 0 Å². The molecule has 2 aromatic carbocycles. The zero-order valence-corrected chi connectivity index (χ0v) is 16.9. The van der Waals surface area contributed by atoms with Gasteiger partial charge in [0.15, 0.2) is 22.8 Å². The van der Waals surface area contributed by atoms with Gasteiger partial charge in [-0.1, -0.05) is 13.3 Å². The van der Waals surface area contributed by atoms with E-state index in [1.165, 1.54) is 7.11 Å². The zero-order valence-electron chi connectivity index (χ0n) is 16.9. The van der Waals surface area contributed by atoms with Crippen LogP contribution in [0.5, 0.6) is 28.7 Å². The van der Waals surface area contributed by atoms with Gasteiger partial charge in [-0.2, -0.15) is 0 Å². The summed E-state index contributed by atoms with van der Waals surface area (Å²) >= 11 is 0. The SMILES string of the molecule is CCCCc1oc2c(O)c(OC)ccc2c1-c1cc(OC)c(OC)c(OC)c1. The minimum absolute atomic E-state index is 0.00330. The fraction of sp³-hybridized carbons (Fsp3) is 0.364. The number of phenols is 1. The molecule has 0 aliphatic carbocycles. The number of phenolic OH excluding ortho intramolecular Hbond substituents is 1. The molecule has 0 aliphatic heterocycles. The van der Waals surface area contributed by atoms with Crippen LogP contribution < -0.4 is 18.9 Å². The first-order chi connectivity index (χ1) is 13.6. The summed E-state index contributed by atoms with van der Waals surface area (Å²) in [6.45, 7) is 2.13. The van der Waals surface area contributed by atoms with Crippen LogP contribution in [-0.4, -0.2) is 33.5 Å². The fourth-order valence-corrected chi connectivity index (χ4v) is 3.40. The van der Waals surface area contributed by atoms with Crippen LogP contribution in [-0.2, 0) is 6.42 Å². The lowest BCUT2D eigenvalue weighted by Gasteiger charge is -2.14. The van der Waals surface area contributed by atoms with Crippen molar-refractivity contribution in [3.63, 3.8) is 0 Å². The summed E-state index contributed by atoms with van der Waals surface area (Å²) in [6.07, 6.45) is 2.75. The topological polar surface area (TPSA) is 70.3 Å². The molecule has 0 fully saturated rings. The van der Waals surface area contributed by atoms with E-state index in [0.29, 0.717) is 28.6 Å². The summed E-state index contributed by atoms with van der Waals surface area (Å²) in [5.41, 5.74) is 2.18. The highest BCUT2D eigenvalue weighted by atomic mass is 16.5. The largest absolute Gasteiger partial charge is 0.502 e. The lowest BCUT2D eigenvalue weighted by atomic mass is 9.98. The third kappa shape index (κ3) is 3.30. The number of methoxy groups -OCH3 is 4. The molecule has 1 N–H and O–H groups in total. The summed E-state index contributed by atoms with van der Waals surface area (Å²) in [5.74, 6) is 2.82. The number of ether oxygens (including phenoxy) is 4. The highest BCUT2D eigenvalue weighted by Crippen LogP contribution is 2.47. The van der Waals surface area contributed by atoms with Crippen molar-refractivity contribution in [3.8, 4) is 39.9 Å². The Morgan fingerprint density at radius 1 is 0.893 bits per heavy atom. The molecule has 1 heterocycles. The molecule has 3 rings (SSSR count). The molecule has 0 aliphatic rings. The van der Waals surface area contributed by atoms with Gasteiger partial charge >= 0.3 is 0 Å². The Hall–Kier alpha value is -3.02. The maximum atomic E-state index is 10.6. The van der Waals surface area contributed by atoms with Crippen LogP contribution in [0.2, 0.25) is 0 Å². The van der Waals surface area contributed by atoms with Crippen LogP contribution in [0.1, 0.15) is 25.5 Å². The molecular weight excluding hydrogens is 360 g/mol. The third-order valence-corrected chi connectivity index (χ3v) is 4.80. The molecule has 1 aromatic heterocycles. The second-order valence-electron chi connectivity index (χ2n) is 6.41. The monoisotopic (exact) mass is 386 g/mol. The molecule has 0 radical (unpaired) electrons. The molecule has 6 heteroatoms. The summed E-state index contributed by atoms with van der Waals surface area (Å²) in [7, 11) is 6.26.